The Morgan fingerprint density at radius 1 is 1.47 bits per heavy atom. The summed E-state index contributed by atoms with van der Waals surface area (Å²) in [7, 11) is 1.54. The van der Waals surface area contributed by atoms with E-state index in [1.165, 1.54) is 17.3 Å². The predicted molar refractivity (Wildman–Crippen MR) is 65.3 cm³/mol. The van der Waals surface area contributed by atoms with E-state index in [-0.39, 0.29) is 24.0 Å². The number of carbonyl (C=O) groups excluding carboxylic acids is 1. The van der Waals surface area contributed by atoms with Crippen molar-refractivity contribution in [2.24, 2.45) is 0 Å². The van der Waals surface area contributed by atoms with Crippen molar-refractivity contribution in [3.8, 4) is 0 Å². The van der Waals surface area contributed by atoms with Gasteiger partial charge < -0.3 is 4.90 Å². The summed E-state index contributed by atoms with van der Waals surface area (Å²) in [5, 5.41) is 16.9. The fraction of sp³-hybridized carbons (Fsp3) is 0.182. The molecule has 8 heteroatoms. The van der Waals surface area contributed by atoms with E-state index < -0.39 is 4.92 Å². The molecule has 0 radical (unpaired) electrons. The summed E-state index contributed by atoms with van der Waals surface area (Å²) in [6, 6.07) is 6.29. The normalized spacial score (nSPS) is 10.2. The number of para-hydroxylation sites is 1. The Morgan fingerprint density at radius 3 is 2.84 bits per heavy atom. The summed E-state index contributed by atoms with van der Waals surface area (Å²) in [6.07, 6.45) is 1.23. The van der Waals surface area contributed by atoms with E-state index in [4.69, 9.17) is 0 Å². The molecule has 0 aliphatic carbocycles. The number of aromatic amines is 1. The Morgan fingerprint density at radius 2 is 2.21 bits per heavy atom. The molecule has 0 bridgehead atoms. The summed E-state index contributed by atoms with van der Waals surface area (Å²) in [5.41, 5.74) is 0.447. The Bertz CT molecular complexity index is 596. The summed E-state index contributed by atoms with van der Waals surface area (Å²) >= 11 is 0. The largest absolute Gasteiger partial charge is 0.334 e. The van der Waals surface area contributed by atoms with Crippen molar-refractivity contribution in [2.45, 2.75) is 6.54 Å². The zero-order valence-corrected chi connectivity index (χ0v) is 10.1. The van der Waals surface area contributed by atoms with Gasteiger partial charge in [0.2, 0.25) is 5.82 Å². The molecule has 0 aliphatic heterocycles. The maximum absolute atomic E-state index is 11.9. The number of nitro groups is 1. The first-order valence-electron chi connectivity index (χ1n) is 5.42. The van der Waals surface area contributed by atoms with Gasteiger partial charge in [0, 0.05) is 18.7 Å². The minimum atomic E-state index is -0.470. The van der Waals surface area contributed by atoms with Crippen molar-refractivity contribution in [3.05, 3.63) is 52.1 Å². The quantitative estimate of drug-likeness (QED) is 0.652. The van der Waals surface area contributed by atoms with E-state index in [1.807, 2.05) is 0 Å². The highest BCUT2D eigenvalue weighted by Gasteiger charge is 2.19. The number of nitrogens with one attached hydrogen (secondary N) is 1. The molecule has 19 heavy (non-hydrogen) atoms. The van der Waals surface area contributed by atoms with Gasteiger partial charge in [0.15, 0.2) is 0 Å². The number of rotatable bonds is 4. The molecule has 0 atom stereocenters. The van der Waals surface area contributed by atoms with Crippen LogP contribution >= 0.6 is 0 Å². The van der Waals surface area contributed by atoms with Crippen molar-refractivity contribution in [1.29, 1.82) is 0 Å². The number of nitrogens with zero attached hydrogens (tertiary/aromatic N) is 4. The predicted octanol–water partition coefficient (Wildman–Crippen LogP) is 0.985. The second-order valence-electron chi connectivity index (χ2n) is 3.88. The maximum Gasteiger partial charge on any atom is 0.291 e. The summed E-state index contributed by atoms with van der Waals surface area (Å²) < 4.78 is 0. The van der Waals surface area contributed by atoms with Gasteiger partial charge in [-0.15, -0.1) is 0 Å². The average Bonchev–Trinajstić information content (AvgIpc) is 2.92. The molecular weight excluding hydrogens is 250 g/mol. The molecule has 2 aromatic rings. The fourth-order valence-corrected chi connectivity index (χ4v) is 1.64. The van der Waals surface area contributed by atoms with Crippen LogP contribution in [0.3, 0.4) is 0 Å². The molecule has 0 saturated heterocycles. The Kier molecular flexibility index (Phi) is 3.51. The number of aromatic nitrogens is 3. The molecule has 1 aromatic carbocycles. The van der Waals surface area contributed by atoms with Crippen LogP contribution in [0.2, 0.25) is 0 Å². The maximum atomic E-state index is 11.9. The summed E-state index contributed by atoms with van der Waals surface area (Å²) in [5.74, 6) is -0.281. The van der Waals surface area contributed by atoms with Crippen molar-refractivity contribution >= 4 is 11.6 Å². The third-order valence-corrected chi connectivity index (χ3v) is 2.56. The SMILES string of the molecule is CN(Cc1ccccc1[N+](=O)[O-])C(=O)c1ncn[nH]1. The van der Waals surface area contributed by atoms with Crippen LogP contribution in [0.25, 0.3) is 0 Å². The molecule has 1 N–H and O–H groups in total. The van der Waals surface area contributed by atoms with Crippen molar-refractivity contribution < 1.29 is 9.72 Å². The molecule has 1 amide bonds. The van der Waals surface area contributed by atoms with Crippen LogP contribution in [-0.2, 0) is 6.54 Å². The van der Waals surface area contributed by atoms with Gasteiger partial charge in [-0.05, 0) is 0 Å². The van der Waals surface area contributed by atoms with Gasteiger partial charge in [0.05, 0.1) is 11.5 Å². The molecule has 0 unspecified atom stereocenters. The summed E-state index contributed by atoms with van der Waals surface area (Å²) in [6.45, 7) is 0.122. The van der Waals surface area contributed by atoms with Crippen LogP contribution in [0.5, 0.6) is 0 Å². The monoisotopic (exact) mass is 261 g/mol. The molecule has 1 heterocycles. The molecule has 1 aromatic heterocycles. The minimum Gasteiger partial charge on any atom is -0.334 e. The molecule has 8 nitrogen and oxygen atoms in total. The standard InChI is InChI=1S/C11H11N5O3/c1-15(11(17)10-12-7-13-14-10)6-8-4-2-3-5-9(8)16(18)19/h2-5,7H,6H2,1H3,(H,12,13,14). The number of nitro benzene ring substituents is 1. The molecule has 0 fully saturated rings. The molecule has 0 spiro atoms. The number of hydrogen-bond acceptors (Lipinski definition) is 5. The van der Waals surface area contributed by atoms with Gasteiger partial charge in [0.25, 0.3) is 11.6 Å². The van der Waals surface area contributed by atoms with E-state index >= 15 is 0 Å². The third-order valence-electron chi connectivity index (χ3n) is 2.56. The third kappa shape index (κ3) is 2.73. The second-order valence-corrected chi connectivity index (χ2v) is 3.88. The van der Waals surface area contributed by atoms with Crippen molar-refractivity contribution in [2.75, 3.05) is 7.05 Å². The summed E-state index contributed by atoms with van der Waals surface area (Å²) in [4.78, 5) is 27.4. The van der Waals surface area contributed by atoms with Gasteiger partial charge in [0.1, 0.15) is 6.33 Å². The highest BCUT2D eigenvalue weighted by Crippen LogP contribution is 2.19. The second kappa shape index (κ2) is 5.25. The lowest BCUT2D eigenvalue weighted by Gasteiger charge is -2.15. The number of H-pyrrole nitrogens is 1. The first kappa shape index (κ1) is 12.7. The lowest BCUT2D eigenvalue weighted by atomic mass is 10.1. The number of hydrogen-bond donors (Lipinski definition) is 1. The van der Waals surface area contributed by atoms with Crippen LogP contribution in [-0.4, -0.2) is 38.0 Å². The van der Waals surface area contributed by atoms with Crippen LogP contribution in [0.15, 0.2) is 30.6 Å². The van der Waals surface area contributed by atoms with E-state index in [9.17, 15) is 14.9 Å². The Hall–Kier alpha value is -2.77. The van der Waals surface area contributed by atoms with Crippen LogP contribution in [0.1, 0.15) is 16.2 Å². The zero-order valence-electron chi connectivity index (χ0n) is 10.1. The number of carbonyl (C=O) groups is 1. The van der Waals surface area contributed by atoms with Crippen LogP contribution in [0, 0.1) is 10.1 Å². The van der Waals surface area contributed by atoms with Gasteiger partial charge >= 0.3 is 0 Å². The highest BCUT2D eigenvalue weighted by atomic mass is 16.6. The lowest BCUT2D eigenvalue weighted by molar-refractivity contribution is -0.385. The topological polar surface area (TPSA) is 105 Å². The first-order valence-corrected chi connectivity index (χ1v) is 5.42. The molecule has 0 aliphatic rings. The van der Waals surface area contributed by atoms with Crippen molar-refractivity contribution in [1.82, 2.24) is 20.1 Å². The van der Waals surface area contributed by atoms with E-state index in [1.54, 1.807) is 25.2 Å². The number of amides is 1. The van der Waals surface area contributed by atoms with Crippen molar-refractivity contribution in [3.63, 3.8) is 0 Å². The van der Waals surface area contributed by atoms with E-state index in [0.29, 0.717) is 5.56 Å². The minimum absolute atomic E-state index is 0.0141. The van der Waals surface area contributed by atoms with Gasteiger partial charge in [-0.25, -0.2) is 4.98 Å². The lowest BCUT2D eigenvalue weighted by Crippen LogP contribution is -2.27. The molecule has 98 valence electrons. The zero-order chi connectivity index (χ0) is 13.8. The van der Waals surface area contributed by atoms with E-state index in [2.05, 4.69) is 15.2 Å². The molecular formula is C11H11N5O3. The van der Waals surface area contributed by atoms with Gasteiger partial charge in [-0.1, -0.05) is 18.2 Å². The fourth-order valence-electron chi connectivity index (χ4n) is 1.64. The highest BCUT2D eigenvalue weighted by molar-refractivity contribution is 5.90. The van der Waals surface area contributed by atoms with Gasteiger partial charge in [-0.2, -0.15) is 5.10 Å². The van der Waals surface area contributed by atoms with Crippen LogP contribution < -0.4 is 0 Å². The van der Waals surface area contributed by atoms with E-state index in [0.717, 1.165) is 0 Å². The Labute approximate surface area is 108 Å². The Balaban J connectivity index is 2.17. The molecule has 0 saturated carbocycles. The number of benzene rings is 1. The van der Waals surface area contributed by atoms with Crippen LogP contribution in [0.4, 0.5) is 5.69 Å². The first-order chi connectivity index (χ1) is 9.09. The smallest absolute Gasteiger partial charge is 0.291 e. The average molecular weight is 261 g/mol. The van der Waals surface area contributed by atoms with Gasteiger partial charge in [-0.3, -0.25) is 20.0 Å². The molecule has 2 rings (SSSR count).